The SMILES string of the molecule is COc1cc2cc(C(=O)CC(C)C(N)=O)[se]c2cc1OC. The van der Waals surface area contributed by atoms with Crippen molar-refractivity contribution in [2.24, 2.45) is 11.7 Å². The predicted molar refractivity (Wildman–Crippen MR) is 81.3 cm³/mol. The third-order valence-electron chi connectivity index (χ3n) is 3.27. The van der Waals surface area contributed by atoms with Gasteiger partial charge in [0.05, 0.1) is 0 Å². The Hall–Kier alpha value is -1.78. The number of ketones is 1. The standard InChI is InChI=1S/C15H17NO4Se/c1-8(15(16)18)4-10(17)14-6-9-5-11(19-2)12(20-3)7-13(9)21-14/h5-8H,4H2,1-3H3,(H2,16,18). The number of rotatable bonds is 6. The summed E-state index contributed by atoms with van der Waals surface area (Å²) in [7, 11) is 3.16. The minimum atomic E-state index is -0.449. The molecule has 1 atom stereocenters. The normalized spacial score (nSPS) is 12.1. The van der Waals surface area contributed by atoms with E-state index in [-0.39, 0.29) is 26.7 Å². The topological polar surface area (TPSA) is 78.6 Å². The van der Waals surface area contributed by atoms with Crippen LogP contribution in [0.15, 0.2) is 18.2 Å². The fourth-order valence-electron chi connectivity index (χ4n) is 1.98. The molecule has 0 spiro atoms. The molecule has 5 nitrogen and oxygen atoms in total. The molecule has 0 aliphatic rings. The second-order valence-corrected chi connectivity index (χ2v) is 7.06. The maximum atomic E-state index is 12.2. The third kappa shape index (κ3) is 3.28. The Bertz CT molecular complexity index is 651. The zero-order valence-electron chi connectivity index (χ0n) is 12.1. The van der Waals surface area contributed by atoms with Crippen molar-refractivity contribution in [2.45, 2.75) is 13.3 Å². The minimum absolute atomic E-state index is 0.0181. The Morgan fingerprint density at radius 2 is 1.81 bits per heavy atom. The third-order valence-corrected chi connectivity index (χ3v) is 5.66. The van der Waals surface area contributed by atoms with Crippen LogP contribution in [0, 0.1) is 5.92 Å². The van der Waals surface area contributed by atoms with Crippen molar-refractivity contribution in [3.05, 3.63) is 22.6 Å². The summed E-state index contributed by atoms with van der Waals surface area (Å²) in [6, 6.07) is 5.64. The first-order chi connectivity index (χ1) is 9.96. The van der Waals surface area contributed by atoms with E-state index in [1.807, 2.05) is 18.2 Å². The Balaban J connectivity index is 2.34. The average Bonchev–Trinajstić information content (AvgIpc) is 2.88. The number of Topliss-reactive ketones (excluding diaryl/α,β-unsaturated/α-hetero) is 1. The summed E-state index contributed by atoms with van der Waals surface area (Å²) in [5, 5.41) is 0.975. The van der Waals surface area contributed by atoms with Crippen LogP contribution in [-0.2, 0) is 4.79 Å². The van der Waals surface area contributed by atoms with Gasteiger partial charge in [-0.3, -0.25) is 0 Å². The Labute approximate surface area is 128 Å². The van der Waals surface area contributed by atoms with Crippen molar-refractivity contribution in [2.75, 3.05) is 14.2 Å². The molecular formula is C15H17NO4Se. The van der Waals surface area contributed by atoms with Crippen molar-refractivity contribution in [1.82, 2.24) is 0 Å². The second kappa shape index (κ2) is 6.33. The molecule has 0 saturated carbocycles. The van der Waals surface area contributed by atoms with Crippen LogP contribution in [0.3, 0.4) is 0 Å². The first-order valence-corrected chi connectivity index (χ1v) is 8.15. The molecule has 1 heterocycles. The van der Waals surface area contributed by atoms with Crippen LogP contribution >= 0.6 is 0 Å². The van der Waals surface area contributed by atoms with Crippen molar-refractivity contribution in [1.29, 1.82) is 0 Å². The van der Waals surface area contributed by atoms with E-state index in [0.29, 0.717) is 11.5 Å². The van der Waals surface area contributed by atoms with Crippen LogP contribution in [0.4, 0.5) is 0 Å². The van der Waals surface area contributed by atoms with Gasteiger partial charge in [0.15, 0.2) is 0 Å². The number of nitrogens with two attached hydrogens (primary N) is 1. The Morgan fingerprint density at radius 3 is 2.38 bits per heavy atom. The van der Waals surface area contributed by atoms with Gasteiger partial charge in [0, 0.05) is 0 Å². The van der Waals surface area contributed by atoms with Crippen LogP contribution in [0.25, 0.3) is 9.65 Å². The van der Waals surface area contributed by atoms with Crippen molar-refractivity contribution in [3.63, 3.8) is 0 Å². The molecule has 2 N–H and O–H groups in total. The van der Waals surface area contributed by atoms with Gasteiger partial charge < -0.3 is 0 Å². The van der Waals surface area contributed by atoms with E-state index in [1.165, 1.54) is 0 Å². The molecule has 0 aliphatic heterocycles. The van der Waals surface area contributed by atoms with E-state index in [2.05, 4.69) is 0 Å². The summed E-state index contributed by atoms with van der Waals surface area (Å²) < 4.78 is 12.4. The number of carbonyl (C=O) groups is 2. The monoisotopic (exact) mass is 355 g/mol. The maximum absolute atomic E-state index is 12.2. The summed E-state index contributed by atoms with van der Waals surface area (Å²) >= 11 is -0.0800. The summed E-state index contributed by atoms with van der Waals surface area (Å²) in [6.45, 7) is 1.67. The van der Waals surface area contributed by atoms with Gasteiger partial charge in [-0.05, 0) is 0 Å². The number of hydrogen-bond donors (Lipinski definition) is 1. The first kappa shape index (κ1) is 15.6. The molecular weight excluding hydrogens is 337 g/mol. The Kier molecular flexibility index (Phi) is 4.70. The first-order valence-electron chi connectivity index (χ1n) is 6.44. The van der Waals surface area contributed by atoms with E-state index in [9.17, 15) is 9.59 Å². The molecule has 0 aliphatic carbocycles. The van der Waals surface area contributed by atoms with Gasteiger partial charge in [0.2, 0.25) is 0 Å². The number of carbonyl (C=O) groups excluding carboxylic acids is 2. The summed E-state index contributed by atoms with van der Waals surface area (Å²) in [5.41, 5.74) is 5.20. The molecule has 21 heavy (non-hydrogen) atoms. The summed E-state index contributed by atoms with van der Waals surface area (Å²) in [5.74, 6) is 0.390. The zero-order chi connectivity index (χ0) is 15.6. The van der Waals surface area contributed by atoms with E-state index in [4.69, 9.17) is 15.2 Å². The Morgan fingerprint density at radius 1 is 1.19 bits per heavy atom. The fraction of sp³-hybridized carbons (Fsp3) is 0.333. The number of benzene rings is 1. The van der Waals surface area contributed by atoms with E-state index >= 15 is 0 Å². The van der Waals surface area contributed by atoms with E-state index < -0.39 is 11.8 Å². The van der Waals surface area contributed by atoms with Crippen molar-refractivity contribution < 1.29 is 19.1 Å². The molecule has 1 amide bonds. The molecule has 2 rings (SSSR count). The van der Waals surface area contributed by atoms with Gasteiger partial charge in [-0.1, -0.05) is 0 Å². The van der Waals surface area contributed by atoms with Crippen LogP contribution in [0.2, 0.25) is 0 Å². The number of primary amides is 1. The van der Waals surface area contributed by atoms with E-state index in [0.717, 1.165) is 14.1 Å². The van der Waals surface area contributed by atoms with Gasteiger partial charge in [-0.15, -0.1) is 0 Å². The van der Waals surface area contributed by atoms with Crippen molar-refractivity contribution >= 4 is 35.8 Å². The summed E-state index contributed by atoms with van der Waals surface area (Å²) in [6.07, 6.45) is 0.158. The fourth-order valence-corrected chi connectivity index (χ4v) is 4.13. The van der Waals surface area contributed by atoms with Crippen LogP contribution in [-0.4, -0.2) is 40.4 Å². The quantitative estimate of drug-likeness (QED) is 0.631. The van der Waals surface area contributed by atoms with Gasteiger partial charge >= 0.3 is 128 Å². The average molecular weight is 354 g/mol. The molecule has 0 fully saturated rings. The summed E-state index contributed by atoms with van der Waals surface area (Å²) in [4.78, 5) is 23.3. The molecule has 0 radical (unpaired) electrons. The van der Waals surface area contributed by atoms with Gasteiger partial charge in [0.1, 0.15) is 0 Å². The van der Waals surface area contributed by atoms with Gasteiger partial charge in [0.25, 0.3) is 0 Å². The van der Waals surface area contributed by atoms with Crippen LogP contribution in [0.5, 0.6) is 11.5 Å². The molecule has 0 saturated heterocycles. The van der Waals surface area contributed by atoms with E-state index in [1.54, 1.807) is 21.1 Å². The number of fused-ring (bicyclic) bond motifs is 1. The number of ether oxygens (including phenoxy) is 2. The second-order valence-electron chi connectivity index (χ2n) is 4.79. The van der Waals surface area contributed by atoms with Crippen molar-refractivity contribution in [3.8, 4) is 11.5 Å². The molecule has 6 heteroatoms. The zero-order valence-corrected chi connectivity index (χ0v) is 13.8. The molecule has 1 aromatic carbocycles. The molecule has 1 unspecified atom stereocenters. The molecule has 1 aromatic heterocycles. The predicted octanol–water partition coefficient (Wildman–Crippen LogP) is 1.61. The number of methoxy groups -OCH3 is 2. The van der Waals surface area contributed by atoms with Gasteiger partial charge in [-0.25, -0.2) is 0 Å². The molecule has 112 valence electrons. The molecule has 0 bridgehead atoms. The van der Waals surface area contributed by atoms with Gasteiger partial charge in [-0.2, -0.15) is 0 Å². The molecule has 2 aromatic rings. The number of amides is 1. The van der Waals surface area contributed by atoms with Crippen LogP contribution in [0.1, 0.15) is 22.6 Å². The number of hydrogen-bond acceptors (Lipinski definition) is 4. The van der Waals surface area contributed by atoms with Crippen LogP contribution < -0.4 is 15.2 Å².